The largest absolute Gasteiger partial charge is 0.354 e. The fourth-order valence-corrected chi connectivity index (χ4v) is 5.45. The zero-order valence-electron chi connectivity index (χ0n) is 14.0. The van der Waals surface area contributed by atoms with E-state index in [-0.39, 0.29) is 18.4 Å². The number of hydrogen-bond donors (Lipinski definition) is 2. The van der Waals surface area contributed by atoms with Crippen LogP contribution in [-0.2, 0) is 15.0 Å². The molecule has 2 aliphatic heterocycles. The van der Waals surface area contributed by atoms with Gasteiger partial charge in [-0.25, -0.2) is 0 Å². The Bertz CT molecular complexity index is 497. The predicted octanol–water partition coefficient (Wildman–Crippen LogP) is 0.283. The van der Waals surface area contributed by atoms with Crippen molar-refractivity contribution in [2.75, 3.05) is 32.7 Å². The maximum absolute atomic E-state index is 13.0. The minimum absolute atomic E-state index is 0.109. The number of rotatable bonds is 6. The summed E-state index contributed by atoms with van der Waals surface area (Å²) in [4.78, 5) is 11.6. The quantitative estimate of drug-likeness (QED) is 0.722. The van der Waals surface area contributed by atoms with Crippen LogP contribution in [0.4, 0.5) is 0 Å². The molecular formula is C15H30N4O3S. The first-order valence-corrected chi connectivity index (χ1v) is 10.1. The Kier molecular flexibility index (Phi) is 6.82. The molecule has 8 heteroatoms. The topological polar surface area (TPSA) is 95.7 Å². The minimum Gasteiger partial charge on any atom is -0.354 e. The van der Waals surface area contributed by atoms with E-state index in [1.54, 1.807) is 8.61 Å². The van der Waals surface area contributed by atoms with Crippen molar-refractivity contribution in [3.63, 3.8) is 0 Å². The van der Waals surface area contributed by atoms with E-state index in [9.17, 15) is 13.2 Å². The van der Waals surface area contributed by atoms with E-state index in [0.717, 1.165) is 32.1 Å². The Morgan fingerprint density at radius 1 is 1.22 bits per heavy atom. The Hall–Kier alpha value is -0.700. The van der Waals surface area contributed by atoms with Gasteiger partial charge >= 0.3 is 0 Å². The third-order valence-corrected chi connectivity index (χ3v) is 6.78. The summed E-state index contributed by atoms with van der Waals surface area (Å²) < 4.78 is 29.2. The third-order valence-electron chi connectivity index (χ3n) is 4.72. The van der Waals surface area contributed by atoms with E-state index >= 15 is 0 Å². The van der Waals surface area contributed by atoms with Crippen molar-refractivity contribution in [1.82, 2.24) is 13.9 Å². The zero-order valence-corrected chi connectivity index (χ0v) is 14.9. The van der Waals surface area contributed by atoms with Crippen LogP contribution < -0.4 is 11.1 Å². The summed E-state index contributed by atoms with van der Waals surface area (Å²) >= 11 is 0. The van der Waals surface area contributed by atoms with Gasteiger partial charge < -0.3 is 11.1 Å². The molecule has 0 bridgehead atoms. The van der Waals surface area contributed by atoms with Crippen LogP contribution in [0.25, 0.3) is 0 Å². The van der Waals surface area contributed by atoms with Crippen LogP contribution in [0.1, 0.15) is 45.4 Å². The van der Waals surface area contributed by atoms with Gasteiger partial charge in [-0.2, -0.15) is 17.0 Å². The summed E-state index contributed by atoms with van der Waals surface area (Å²) in [7, 11) is -3.44. The van der Waals surface area contributed by atoms with Crippen molar-refractivity contribution in [3.8, 4) is 0 Å². The Balaban J connectivity index is 2.02. The summed E-state index contributed by atoms with van der Waals surface area (Å²) in [6, 6.07) is -0.146. The van der Waals surface area contributed by atoms with Gasteiger partial charge in [-0.05, 0) is 31.6 Å². The zero-order chi connectivity index (χ0) is 16.9. The predicted molar refractivity (Wildman–Crippen MR) is 89.9 cm³/mol. The summed E-state index contributed by atoms with van der Waals surface area (Å²) in [5.41, 5.74) is 5.37. The van der Waals surface area contributed by atoms with E-state index in [0.29, 0.717) is 38.6 Å². The van der Waals surface area contributed by atoms with Crippen molar-refractivity contribution in [2.24, 2.45) is 11.7 Å². The van der Waals surface area contributed by atoms with Crippen LogP contribution in [0, 0.1) is 5.92 Å². The van der Waals surface area contributed by atoms with Gasteiger partial charge in [0.1, 0.15) is 0 Å². The molecule has 2 fully saturated rings. The van der Waals surface area contributed by atoms with E-state index in [1.165, 1.54) is 0 Å². The first-order chi connectivity index (χ1) is 10.9. The molecule has 134 valence electrons. The van der Waals surface area contributed by atoms with Gasteiger partial charge in [0.15, 0.2) is 0 Å². The number of piperidine rings is 2. The van der Waals surface area contributed by atoms with E-state index in [1.807, 2.05) is 0 Å². The molecule has 2 atom stereocenters. The molecule has 2 rings (SSSR count). The summed E-state index contributed by atoms with van der Waals surface area (Å²) in [6.07, 6.45) is 4.97. The van der Waals surface area contributed by atoms with Gasteiger partial charge in [0, 0.05) is 45.2 Å². The molecule has 2 unspecified atom stereocenters. The summed E-state index contributed by atoms with van der Waals surface area (Å²) in [5.74, 6) is 0.299. The molecule has 0 aromatic carbocycles. The molecule has 1 amide bonds. The van der Waals surface area contributed by atoms with Gasteiger partial charge in [-0.3, -0.25) is 4.79 Å². The fraction of sp³-hybridized carbons (Fsp3) is 0.933. The lowest BCUT2D eigenvalue weighted by Gasteiger charge is -2.40. The molecule has 2 aliphatic rings. The second-order valence-corrected chi connectivity index (χ2v) is 8.60. The molecule has 0 aromatic heterocycles. The van der Waals surface area contributed by atoms with Gasteiger partial charge in [0.05, 0.1) is 0 Å². The number of carbonyl (C=O) groups excluding carboxylic acids is 1. The van der Waals surface area contributed by atoms with Gasteiger partial charge in [-0.15, -0.1) is 0 Å². The SMILES string of the molecule is CC1CCCN(S(=O)(=O)N2CCCCC2CNC(=O)CCN)C1. The Morgan fingerprint density at radius 2 is 2.00 bits per heavy atom. The molecular weight excluding hydrogens is 316 g/mol. The molecule has 0 aromatic rings. The lowest BCUT2D eigenvalue weighted by molar-refractivity contribution is -0.121. The molecule has 0 saturated carbocycles. The van der Waals surface area contributed by atoms with Crippen LogP contribution in [0.2, 0.25) is 0 Å². The van der Waals surface area contributed by atoms with Crippen LogP contribution in [-0.4, -0.2) is 61.7 Å². The second kappa shape index (κ2) is 8.41. The molecule has 0 spiro atoms. The van der Waals surface area contributed by atoms with Crippen LogP contribution >= 0.6 is 0 Å². The summed E-state index contributed by atoms with van der Waals surface area (Å²) in [6.45, 7) is 4.54. The highest BCUT2D eigenvalue weighted by Gasteiger charge is 2.37. The molecule has 23 heavy (non-hydrogen) atoms. The molecule has 7 nitrogen and oxygen atoms in total. The second-order valence-electron chi connectivity index (χ2n) is 6.72. The first kappa shape index (κ1) is 18.6. The number of nitrogens with zero attached hydrogens (tertiary/aromatic N) is 2. The van der Waals surface area contributed by atoms with Gasteiger partial charge in [0.25, 0.3) is 10.2 Å². The van der Waals surface area contributed by atoms with E-state index < -0.39 is 10.2 Å². The monoisotopic (exact) mass is 346 g/mol. The van der Waals surface area contributed by atoms with Crippen molar-refractivity contribution >= 4 is 16.1 Å². The number of carbonyl (C=O) groups is 1. The molecule has 3 N–H and O–H groups in total. The van der Waals surface area contributed by atoms with Crippen LogP contribution in [0.5, 0.6) is 0 Å². The van der Waals surface area contributed by atoms with Crippen molar-refractivity contribution < 1.29 is 13.2 Å². The normalized spacial score (nSPS) is 27.7. The highest BCUT2D eigenvalue weighted by Crippen LogP contribution is 2.26. The fourth-order valence-electron chi connectivity index (χ4n) is 3.44. The number of amides is 1. The van der Waals surface area contributed by atoms with Crippen molar-refractivity contribution in [1.29, 1.82) is 0 Å². The van der Waals surface area contributed by atoms with E-state index in [2.05, 4.69) is 12.2 Å². The lowest BCUT2D eigenvalue weighted by atomic mass is 10.0. The van der Waals surface area contributed by atoms with Crippen LogP contribution in [0.3, 0.4) is 0 Å². The average molecular weight is 346 g/mol. The molecule has 0 radical (unpaired) electrons. The maximum atomic E-state index is 13.0. The van der Waals surface area contributed by atoms with Gasteiger partial charge in [-0.1, -0.05) is 13.3 Å². The van der Waals surface area contributed by atoms with E-state index in [4.69, 9.17) is 5.73 Å². The standard InChI is InChI=1S/C15H30N4O3S/c1-13-5-4-9-18(12-13)23(21,22)19-10-3-2-6-14(19)11-17-15(20)7-8-16/h13-14H,2-12,16H2,1H3,(H,17,20). The van der Waals surface area contributed by atoms with Crippen LogP contribution in [0.15, 0.2) is 0 Å². The van der Waals surface area contributed by atoms with Crippen molar-refractivity contribution in [2.45, 2.75) is 51.5 Å². The number of hydrogen-bond acceptors (Lipinski definition) is 4. The highest BCUT2D eigenvalue weighted by molar-refractivity contribution is 7.86. The first-order valence-electron chi connectivity index (χ1n) is 8.69. The Labute approximate surface area is 139 Å². The average Bonchev–Trinajstić information content (AvgIpc) is 2.53. The number of nitrogens with two attached hydrogens (primary N) is 1. The number of nitrogens with one attached hydrogen (secondary N) is 1. The lowest BCUT2D eigenvalue weighted by Crippen LogP contribution is -2.55. The Morgan fingerprint density at radius 3 is 2.70 bits per heavy atom. The molecule has 2 saturated heterocycles. The molecule has 2 heterocycles. The summed E-state index contributed by atoms with van der Waals surface area (Å²) in [5, 5.41) is 2.82. The highest BCUT2D eigenvalue weighted by atomic mass is 32.2. The van der Waals surface area contributed by atoms with Crippen molar-refractivity contribution in [3.05, 3.63) is 0 Å². The van der Waals surface area contributed by atoms with Gasteiger partial charge in [0.2, 0.25) is 5.91 Å². The maximum Gasteiger partial charge on any atom is 0.282 e. The third kappa shape index (κ3) is 4.89. The molecule has 0 aliphatic carbocycles. The minimum atomic E-state index is -3.44. The smallest absolute Gasteiger partial charge is 0.282 e.